The average molecular weight is 86.1 g/mol. The van der Waals surface area contributed by atoms with Crippen molar-refractivity contribution < 1.29 is 0 Å². The maximum absolute atomic E-state index is 5.22. The quantitative estimate of drug-likeness (QED) is 0.472. The Labute approximate surface area is 38.0 Å². The normalized spacial score (nSPS) is 11.3. The molecule has 0 aromatic heterocycles. The lowest BCUT2D eigenvalue weighted by Crippen LogP contribution is -2.13. The van der Waals surface area contributed by atoms with E-state index in [4.69, 9.17) is 5.73 Å². The van der Waals surface area contributed by atoms with E-state index >= 15 is 0 Å². The van der Waals surface area contributed by atoms with Crippen LogP contribution in [0.5, 0.6) is 0 Å². The molecule has 0 saturated heterocycles. The summed E-state index contributed by atoms with van der Waals surface area (Å²) in [5.41, 5.74) is 5.22. The van der Waals surface area contributed by atoms with Gasteiger partial charge in [-0.2, -0.15) is 0 Å². The lowest BCUT2D eigenvalue weighted by atomic mass is 10.6. The molecule has 0 radical (unpaired) electrons. The third kappa shape index (κ3) is 1.64. The van der Waals surface area contributed by atoms with Gasteiger partial charge in [0.1, 0.15) is 0 Å². The fraction of sp³-hybridized carbons (Fsp3) is 0.500. The summed E-state index contributed by atoms with van der Waals surface area (Å²) in [7, 11) is 1.79. The zero-order valence-electron chi connectivity index (χ0n) is 4.15. The molecule has 2 heteroatoms. The molecule has 0 aromatic rings. The fourth-order valence-corrected chi connectivity index (χ4v) is 0.144. The van der Waals surface area contributed by atoms with Crippen molar-refractivity contribution in [3.63, 3.8) is 0 Å². The molecule has 6 heavy (non-hydrogen) atoms. The highest BCUT2D eigenvalue weighted by Gasteiger charge is 1.69. The minimum absolute atomic E-state index is 0.718. The molecule has 0 aliphatic carbocycles. The summed E-state index contributed by atoms with van der Waals surface area (Å²) in [4.78, 5) is 0. The standard InChI is InChI=1S/C4H10N2/c1-3-4(5)6-2/h3,6H,5H2,1-2H3/b4-3-. The highest BCUT2D eigenvalue weighted by Crippen LogP contribution is 1.66. The Morgan fingerprint density at radius 3 is 2.33 bits per heavy atom. The van der Waals surface area contributed by atoms with Gasteiger partial charge in [-0.15, -0.1) is 0 Å². The second-order valence-electron chi connectivity index (χ2n) is 0.994. The summed E-state index contributed by atoms with van der Waals surface area (Å²) in [6.45, 7) is 1.88. The van der Waals surface area contributed by atoms with E-state index in [-0.39, 0.29) is 0 Å². The minimum Gasteiger partial charge on any atom is -0.386 e. The summed E-state index contributed by atoms with van der Waals surface area (Å²) in [5, 5.41) is 2.75. The largest absolute Gasteiger partial charge is 0.386 e. The Kier molecular flexibility index (Phi) is 2.29. The molecule has 36 valence electrons. The molecular weight excluding hydrogens is 76.1 g/mol. The second-order valence-corrected chi connectivity index (χ2v) is 0.994. The first kappa shape index (κ1) is 5.34. The van der Waals surface area contributed by atoms with E-state index in [0.29, 0.717) is 0 Å². The van der Waals surface area contributed by atoms with Crippen LogP contribution >= 0.6 is 0 Å². The van der Waals surface area contributed by atoms with Crippen molar-refractivity contribution in [2.45, 2.75) is 6.92 Å². The molecule has 0 amide bonds. The van der Waals surface area contributed by atoms with Crippen molar-refractivity contribution in [2.24, 2.45) is 5.73 Å². The van der Waals surface area contributed by atoms with Crippen molar-refractivity contribution in [3.05, 3.63) is 11.9 Å². The topological polar surface area (TPSA) is 38.0 Å². The van der Waals surface area contributed by atoms with Crippen LogP contribution in [0.15, 0.2) is 11.9 Å². The Morgan fingerprint density at radius 2 is 2.33 bits per heavy atom. The van der Waals surface area contributed by atoms with E-state index in [1.54, 1.807) is 13.1 Å². The van der Waals surface area contributed by atoms with E-state index in [9.17, 15) is 0 Å². The molecule has 0 unspecified atom stereocenters. The molecule has 0 heterocycles. The summed E-state index contributed by atoms with van der Waals surface area (Å²) in [6.07, 6.45) is 1.81. The van der Waals surface area contributed by atoms with Crippen LogP contribution in [-0.4, -0.2) is 7.05 Å². The first-order valence-corrected chi connectivity index (χ1v) is 1.90. The molecule has 0 saturated carbocycles. The Morgan fingerprint density at radius 1 is 1.83 bits per heavy atom. The molecule has 0 aliphatic heterocycles. The minimum atomic E-state index is 0.718. The molecule has 0 bridgehead atoms. The van der Waals surface area contributed by atoms with Gasteiger partial charge in [-0.25, -0.2) is 0 Å². The Bertz CT molecular complexity index is 56.6. The highest BCUT2D eigenvalue weighted by atomic mass is 14.9. The molecule has 2 nitrogen and oxygen atoms in total. The maximum atomic E-state index is 5.22. The molecule has 0 spiro atoms. The van der Waals surface area contributed by atoms with E-state index in [0.717, 1.165) is 5.82 Å². The molecular formula is C4H10N2. The Balaban J connectivity index is 3.22. The van der Waals surface area contributed by atoms with Gasteiger partial charge in [-0.1, -0.05) is 0 Å². The summed E-state index contributed by atoms with van der Waals surface area (Å²) < 4.78 is 0. The average Bonchev–Trinajstić information content (AvgIpc) is 1.65. The second kappa shape index (κ2) is 2.57. The third-order valence-corrected chi connectivity index (χ3v) is 0.600. The van der Waals surface area contributed by atoms with Crippen LogP contribution in [0.2, 0.25) is 0 Å². The number of nitrogens with one attached hydrogen (secondary N) is 1. The molecule has 0 aliphatic rings. The number of allylic oxidation sites excluding steroid dienone is 1. The smallest absolute Gasteiger partial charge is 0.0913 e. The van der Waals surface area contributed by atoms with Crippen LogP contribution in [0.25, 0.3) is 0 Å². The van der Waals surface area contributed by atoms with E-state index in [1.807, 2.05) is 6.92 Å². The van der Waals surface area contributed by atoms with Gasteiger partial charge in [-0.05, 0) is 13.0 Å². The predicted molar refractivity (Wildman–Crippen MR) is 27.0 cm³/mol. The van der Waals surface area contributed by atoms with Gasteiger partial charge in [0.05, 0.1) is 5.82 Å². The number of nitrogens with two attached hydrogens (primary N) is 1. The van der Waals surface area contributed by atoms with Gasteiger partial charge in [0.2, 0.25) is 0 Å². The van der Waals surface area contributed by atoms with Crippen molar-refractivity contribution in [2.75, 3.05) is 7.05 Å². The van der Waals surface area contributed by atoms with Gasteiger partial charge in [0.25, 0.3) is 0 Å². The van der Waals surface area contributed by atoms with Crippen LogP contribution in [0, 0.1) is 0 Å². The van der Waals surface area contributed by atoms with Crippen LogP contribution in [0.4, 0.5) is 0 Å². The lowest BCUT2D eigenvalue weighted by Gasteiger charge is -1.92. The van der Waals surface area contributed by atoms with Gasteiger partial charge in [-0.3, -0.25) is 0 Å². The summed E-state index contributed by atoms with van der Waals surface area (Å²) in [6, 6.07) is 0. The van der Waals surface area contributed by atoms with Gasteiger partial charge < -0.3 is 11.1 Å². The van der Waals surface area contributed by atoms with E-state index in [1.165, 1.54) is 0 Å². The number of hydrogen-bond acceptors (Lipinski definition) is 2. The Hall–Kier alpha value is -0.660. The van der Waals surface area contributed by atoms with Crippen LogP contribution in [0.3, 0.4) is 0 Å². The summed E-state index contributed by atoms with van der Waals surface area (Å²) in [5.74, 6) is 0.718. The van der Waals surface area contributed by atoms with Crippen LogP contribution in [0.1, 0.15) is 6.92 Å². The molecule has 0 aromatic carbocycles. The first-order valence-electron chi connectivity index (χ1n) is 1.90. The van der Waals surface area contributed by atoms with Gasteiger partial charge >= 0.3 is 0 Å². The monoisotopic (exact) mass is 86.1 g/mol. The summed E-state index contributed by atoms with van der Waals surface area (Å²) >= 11 is 0. The maximum Gasteiger partial charge on any atom is 0.0913 e. The fourth-order valence-electron chi connectivity index (χ4n) is 0.144. The number of hydrogen-bond donors (Lipinski definition) is 2. The van der Waals surface area contributed by atoms with Crippen molar-refractivity contribution >= 4 is 0 Å². The lowest BCUT2D eigenvalue weighted by molar-refractivity contribution is 0.960. The highest BCUT2D eigenvalue weighted by molar-refractivity contribution is 4.88. The first-order chi connectivity index (χ1) is 2.81. The number of rotatable bonds is 1. The molecule has 3 N–H and O–H groups in total. The van der Waals surface area contributed by atoms with Crippen LogP contribution < -0.4 is 11.1 Å². The van der Waals surface area contributed by atoms with E-state index in [2.05, 4.69) is 5.32 Å². The predicted octanol–water partition coefficient (Wildman–Crippen LogP) is 0.0258. The van der Waals surface area contributed by atoms with E-state index < -0.39 is 0 Å². The van der Waals surface area contributed by atoms with Crippen LogP contribution in [-0.2, 0) is 0 Å². The van der Waals surface area contributed by atoms with Crippen molar-refractivity contribution in [3.8, 4) is 0 Å². The molecule has 0 atom stereocenters. The molecule has 0 rings (SSSR count). The zero-order chi connectivity index (χ0) is 4.99. The molecule has 0 fully saturated rings. The zero-order valence-corrected chi connectivity index (χ0v) is 4.15. The van der Waals surface area contributed by atoms with Crippen molar-refractivity contribution in [1.29, 1.82) is 0 Å². The van der Waals surface area contributed by atoms with Gasteiger partial charge in [0, 0.05) is 7.05 Å². The SMILES string of the molecule is C/C=C(/N)NC. The third-order valence-electron chi connectivity index (χ3n) is 0.600. The van der Waals surface area contributed by atoms with Crippen molar-refractivity contribution in [1.82, 2.24) is 5.32 Å². The van der Waals surface area contributed by atoms with Gasteiger partial charge in [0.15, 0.2) is 0 Å².